The second-order valence-corrected chi connectivity index (χ2v) is 9.14. The highest BCUT2D eigenvalue weighted by molar-refractivity contribution is 6.31. The minimum Gasteiger partial charge on any atom is -0.494 e. The highest BCUT2D eigenvalue weighted by Crippen LogP contribution is 2.37. The second kappa shape index (κ2) is 14.0. The number of hydrogen-bond donors (Lipinski definition) is 4. The maximum Gasteiger partial charge on any atom is 0.119 e. The molecule has 1 aliphatic rings. The zero-order valence-electron chi connectivity index (χ0n) is 20.7. The van der Waals surface area contributed by atoms with Gasteiger partial charge in [0.1, 0.15) is 42.9 Å². The third-order valence-electron chi connectivity index (χ3n) is 6.22. The standard InChI is InChI=1S/C28H35ClO7/c1-3-5-12-34-13-6-7-19-16-23(29)20(14-18-8-10-21(11-9-18)35-4-2)15-22(19)28-27(33)26(32)25(31)24(17-30)36-28/h8-11,15-16,24-28,30-33H,4,6-7,12-14,17H2,1-2H3/t24-,25-,26+,27-,28+/m1/s1. The molecule has 8 heteroatoms. The van der Waals surface area contributed by atoms with Gasteiger partial charge in [0.25, 0.3) is 0 Å². The predicted molar refractivity (Wildman–Crippen MR) is 137 cm³/mol. The molecule has 2 aromatic carbocycles. The molecule has 1 heterocycles. The van der Waals surface area contributed by atoms with Crippen LogP contribution < -0.4 is 4.74 Å². The summed E-state index contributed by atoms with van der Waals surface area (Å²) in [5, 5.41) is 41.7. The van der Waals surface area contributed by atoms with Gasteiger partial charge in [-0.1, -0.05) is 35.7 Å². The molecule has 0 aliphatic carbocycles. The summed E-state index contributed by atoms with van der Waals surface area (Å²) in [4.78, 5) is 0. The average molecular weight is 519 g/mol. The van der Waals surface area contributed by atoms with Crippen molar-refractivity contribution in [3.63, 3.8) is 0 Å². The van der Waals surface area contributed by atoms with E-state index >= 15 is 0 Å². The summed E-state index contributed by atoms with van der Waals surface area (Å²) in [6.07, 6.45) is -4.40. The van der Waals surface area contributed by atoms with E-state index in [1.807, 2.05) is 43.3 Å². The third-order valence-corrected chi connectivity index (χ3v) is 6.57. The van der Waals surface area contributed by atoms with Gasteiger partial charge < -0.3 is 34.6 Å². The monoisotopic (exact) mass is 518 g/mol. The van der Waals surface area contributed by atoms with Crippen molar-refractivity contribution in [2.24, 2.45) is 0 Å². The highest BCUT2D eigenvalue weighted by atomic mass is 35.5. The Hall–Kier alpha value is -2.15. The first kappa shape index (κ1) is 28.4. The number of aryl methyl sites for hydroxylation is 1. The lowest BCUT2D eigenvalue weighted by Crippen LogP contribution is -2.55. The van der Waals surface area contributed by atoms with Gasteiger partial charge in [0.2, 0.25) is 0 Å². The molecule has 5 atom stereocenters. The van der Waals surface area contributed by atoms with Gasteiger partial charge in [-0.2, -0.15) is 0 Å². The number of aliphatic hydroxyl groups excluding tert-OH is 4. The Morgan fingerprint density at radius 2 is 1.78 bits per heavy atom. The summed E-state index contributed by atoms with van der Waals surface area (Å²) >= 11 is 6.69. The van der Waals surface area contributed by atoms with Crippen LogP contribution in [0.5, 0.6) is 5.75 Å². The van der Waals surface area contributed by atoms with E-state index in [-0.39, 0.29) is 0 Å². The maximum atomic E-state index is 10.8. The normalized spacial score (nSPS) is 23.7. The molecule has 0 bridgehead atoms. The molecular weight excluding hydrogens is 484 g/mol. The van der Waals surface area contributed by atoms with Crippen LogP contribution in [-0.2, 0) is 22.3 Å². The second-order valence-electron chi connectivity index (χ2n) is 8.73. The Morgan fingerprint density at radius 1 is 1.03 bits per heavy atom. The van der Waals surface area contributed by atoms with E-state index in [9.17, 15) is 20.4 Å². The van der Waals surface area contributed by atoms with Crippen LogP contribution in [0, 0.1) is 11.8 Å². The van der Waals surface area contributed by atoms with E-state index < -0.39 is 37.1 Å². The summed E-state index contributed by atoms with van der Waals surface area (Å²) in [5.41, 5.74) is 3.35. The van der Waals surface area contributed by atoms with Crippen molar-refractivity contribution in [2.75, 3.05) is 26.4 Å². The fourth-order valence-electron chi connectivity index (χ4n) is 4.30. The maximum absolute atomic E-state index is 10.8. The lowest BCUT2D eigenvalue weighted by atomic mass is 9.86. The molecule has 3 rings (SSSR count). The lowest BCUT2D eigenvalue weighted by Gasteiger charge is -2.41. The van der Waals surface area contributed by atoms with E-state index in [1.165, 1.54) is 0 Å². The summed E-state index contributed by atoms with van der Waals surface area (Å²) in [6, 6.07) is 11.5. The highest BCUT2D eigenvalue weighted by Gasteiger charge is 2.44. The van der Waals surface area contributed by atoms with Crippen LogP contribution in [0.2, 0.25) is 5.02 Å². The van der Waals surface area contributed by atoms with Crippen LogP contribution >= 0.6 is 11.6 Å². The summed E-state index contributed by atoms with van der Waals surface area (Å²) in [7, 11) is 0. The molecule has 36 heavy (non-hydrogen) atoms. The largest absolute Gasteiger partial charge is 0.494 e. The van der Waals surface area contributed by atoms with Gasteiger partial charge in [0.05, 0.1) is 13.2 Å². The average Bonchev–Trinajstić information content (AvgIpc) is 2.88. The quantitative estimate of drug-likeness (QED) is 0.267. The first-order valence-corrected chi connectivity index (χ1v) is 12.6. The molecule has 1 aliphatic heterocycles. The van der Waals surface area contributed by atoms with Crippen molar-refractivity contribution in [3.8, 4) is 17.6 Å². The third kappa shape index (κ3) is 7.21. The number of rotatable bonds is 11. The first-order valence-electron chi connectivity index (χ1n) is 12.2. The molecule has 2 aromatic rings. The smallest absolute Gasteiger partial charge is 0.119 e. The summed E-state index contributed by atoms with van der Waals surface area (Å²) < 4.78 is 16.9. The van der Waals surface area contributed by atoms with Crippen LogP contribution in [0.1, 0.15) is 48.6 Å². The molecule has 7 nitrogen and oxygen atoms in total. The lowest BCUT2D eigenvalue weighted by molar-refractivity contribution is -0.231. The van der Waals surface area contributed by atoms with E-state index in [0.29, 0.717) is 49.7 Å². The molecule has 1 fully saturated rings. The van der Waals surface area contributed by atoms with Gasteiger partial charge >= 0.3 is 0 Å². The molecular formula is C28H35ClO7. The molecule has 4 N–H and O–H groups in total. The molecule has 1 saturated heterocycles. The van der Waals surface area contributed by atoms with Crippen LogP contribution in [0.3, 0.4) is 0 Å². The minimum atomic E-state index is -1.46. The number of benzene rings is 2. The van der Waals surface area contributed by atoms with Crippen molar-refractivity contribution < 1.29 is 34.6 Å². The van der Waals surface area contributed by atoms with Crippen molar-refractivity contribution in [2.45, 2.75) is 63.6 Å². The number of hydrogen-bond acceptors (Lipinski definition) is 7. The Labute approximate surface area is 217 Å². The molecule has 0 radical (unpaired) electrons. The molecule has 0 amide bonds. The van der Waals surface area contributed by atoms with E-state index in [1.54, 1.807) is 6.92 Å². The first-order chi connectivity index (χ1) is 17.4. The Balaban J connectivity index is 1.89. The summed E-state index contributed by atoms with van der Waals surface area (Å²) in [5.74, 6) is 6.43. The van der Waals surface area contributed by atoms with Crippen LogP contribution in [0.4, 0.5) is 0 Å². The molecule has 0 aromatic heterocycles. The predicted octanol–water partition coefficient (Wildman–Crippen LogP) is 2.82. The Bertz CT molecular complexity index is 1030. The molecule has 0 saturated carbocycles. The van der Waals surface area contributed by atoms with Crippen molar-refractivity contribution in [3.05, 3.63) is 63.7 Å². The molecule has 196 valence electrons. The number of aliphatic hydroxyl groups is 4. The zero-order chi connectivity index (χ0) is 26.1. The van der Waals surface area contributed by atoms with Gasteiger partial charge in [-0.05, 0) is 73.6 Å². The van der Waals surface area contributed by atoms with Crippen molar-refractivity contribution in [1.29, 1.82) is 0 Å². The van der Waals surface area contributed by atoms with E-state index in [0.717, 1.165) is 22.4 Å². The molecule has 0 unspecified atom stereocenters. The zero-order valence-corrected chi connectivity index (χ0v) is 21.4. The van der Waals surface area contributed by atoms with Gasteiger partial charge in [-0.25, -0.2) is 0 Å². The number of ether oxygens (including phenoxy) is 3. The van der Waals surface area contributed by atoms with Crippen molar-refractivity contribution in [1.82, 2.24) is 0 Å². The van der Waals surface area contributed by atoms with Gasteiger partial charge in [-0.15, -0.1) is 5.92 Å². The van der Waals surface area contributed by atoms with Crippen LogP contribution in [-0.4, -0.2) is 71.3 Å². The van der Waals surface area contributed by atoms with Crippen LogP contribution in [0.15, 0.2) is 36.4 Å². The van der Waals surface area contributed by atoms with Crippen molar-refractivity contribution >= 4 is 11.6 Å². The fraction of sp³-hybridized carbons (Fsp3) is 0.500. The number of halogens is 1. The summed E-state index contributed by atoms with van der Waals surface area (Å²) in [6.45, 7) is 4.64. The van der Waals surface area contributed by atoms with E-state index in [4.69, 9.17) is 25.8 Å². The SMILES string of the molecule is CC#CCOCCCc1cc(Cl)c(Cc2ccc(OCC)cc2)cc1[C@@H]1O[C@H](CO)[C@@H](O)[C@H](O)[C@H]1O. The Morgan fingerprint density at radius 3 is 2.44 bits per heavy atom. The van der Waals surface area contributed by atoms with Crippen LogP contribution in [0.25, 0.3) is 0 Å². The molecule has 0 spiro atoms. The van der Waals surface area contributed by atoms with Gasteiger partial charge in [0, 0.05) is 11.6 Å². The fourth-order valence-corrected chi connectivity index (χ4v) is 4.56. The minimum absolute atomic E-state index is 0.359. The topological polar surface area (TPSA) is 109 Å². The van der Waals surface area contributed by atoms with Gasteiger partial charge in [-0.3, -0.25) is 0 Å². The van der Waals surface area contributed by atoms with E-state index in [2.05, 4.69) is 11.8 Å². The Kier molecular flexibility index (Phi) is 11.0. The van der Waals surface area contributed by atoms with Gasteiger partial charge in [0.15, 0.2) is 0 Å².